The number of benzene rings is 1. The molecule has 1 heterocycles. The maximum absolute atomic E-state index is 5.84. The summed E-state index contributed by atoms with van der Waals surface area (Å²) in [5.41, 5.74) is 14.8. The third-order valence-corrected chi connectivity index (χ3v) is 3.30. The second kappa shape index (κ2) is 6.14. The van der Waals surface area contributed by atoms with Crippen molar-refractivity contribution in [3.63, 3.8) is 0 Å². The smallest absolute Gasteiger partial charge is 0.104 e. The minimum absolute atomic E-state index is 0.0581. The lowest BCUT2D eigenvalue weighted by molar-refractivity contribution is 0.316. The van der Waals surface area contributed by atoms with Crippen molar-refractivity contribution in [1.82, 2.24) is 14.9 Å². The van der Waals surface area contributed by atoms with E-state index >= 15 is 0 Å². The Morgan fingerprint density at radius 1 is 1.42 bits per heavy atom. The summed E-state index contributed by atoms with van der Waals surface area (Å²) in [7, 11) is 2.08. The Labute approximate surface area is 114 Å². The van der Waals surface area contributed by atoms with Crippen LogP contribution in [0.25, 0.3) is 11.0 Å². The fraction of sp³-hybridized carbons (Fsp3) is 0.500. The van der Waals surface area contributed by atoms with E-state index in [1.165, 1.54) is 5.56 Å². The molecular formula is C14H23N5. The first-order valence-electron chi connectivity index (χ1n) is 6.68. The van der Waals surface area contributed by atoms with Crippen LogP contribution in [-0.2, 0) is 6.42 Å². The van der Waals surface area contributed by atoms with Gasteiger partial charge in [0.1, 0.15) is 5.82 Å². The van der Waals surface area contributed by atoms with Crippen molar-refractivity contribution in [2.24, 2.45) is 11.5 Å². The normalized spacial score (nSPS) is 13.3. The summed E-state index contributed by atoms with van der Waals surface area (Å²) >= 11 is 0. The first kappa shape index (κ1) is 14.0. The van der Waals surface area contributed by atoms with Crippen LogP contribution >= 0.6 is 0 Å². The molecule has 1 aromatic carbocycles. The molecule has 5 nitrogen and oxygen atoms in total. The van der Waals surface area contributed by atoms with Crippen LogP contribution in [0.5, 0.6) is 0 Å². The van der Waals surface area contributed by atoms with Crippen molar-refractivity contribution >= 4 is 11.0 Å². The van der Waals surface area contributed by atoms with E-state index < -0.39 is 0 Å². The summed E-state index contributed by atoms with van der Waals surface area (Å²) < 4.78 is 0. The summed E-state index contributed by atoms with van der Waals surface area (Å²) in [5, 5.41) is 0. The molecule has 0 radical (unpaired) electrons. The fourth-order valence-corrected chi connectivity index (χ4v) is 2.23. The number of aromatic amines is 1. The van der Waals surface area contributed by atoms with Crippen molar-refractivity contribution in [2.45, 2.75) is 19.4 Å². The number of hydrogen-bond acceptors (Lipinski definition) is 4. The van der Waals surface area contributed by atoms with Crippen LogP contribution in [0.3, 0.4) is 0 Å². The standard InChI is InChI=1S/C14H23N5/c1-10-17-13-4-3-11(7-14(13)18-10)5-6-19(2)9-12(16)8-15/h3-4,7,12H,5-6,8-9,15-16H2,1-2H3,(H,17,18). The highest BCUT2D eigenvalue weighted by atomic mass is 15.1. The molecule has 104 valence electrons. The zero-order valence-corrected chi connectivity index (χ0v) is 11.7. The molecule has 2 rings (SSSR count). The van der Waals surface area contributed by atoms with Gasteiger partial charge in [0, 0.05) is 25.7 Å². The van der Waals surface area contributed by atoms with Gasteiger partial charge in [0.15, 0.2) is 0 Å². The van der Waals surface area contributed by atoms with Gasteiger partial charge in [0.25, 0.3) is 0 Å². The van der Waals surface area contributed by atoms with E-state index in [-0.39, 0.29) is 6.04 Å². The zero-order valence-electron chi connectivity index (χ0n) is 11.7. The largest absolute Gasteiger partial charge is 0.342 e. The predicted octanol–water partition coefficient (Wildman–Crippen LogP) is 0.632. The van der Waals surface area contributed by atoms with E-state index in [1.807, 2.05) is 6.92 Å². The summed E-state index contributed by atoms with van der Waals surface area (Å²) in [6, 6.07) is 6.44. The van der Waals surface area contributed by atoms with Crippen molar-refractivity contribution in [3.05, 3.63) is 29.6 Å². The molecule has 0 aliphatic rings. The van der Waals surface area contributed by atoms with Crippen LogP contribution in [-0.4, -0.2) is 47.6 Å². The number of H-pyrrole nitrogens is 1. The highest BCUT2D eigenvalue weighted by molar-refractivity contribution is 5.75. The molecule has 1 atom stereocenters. The number of hydrogen-bond donors (Lipinski definition) is 3. The van der Waals surface area contributed by atoms with Crippen LogP contribution < -0.4 is 11.5 Å². The van der Waals surface area contributed by atoms with Gasteiger partial charge in [0.2, 0.25) is 0 Å². The molecule has 0 amide bonds. The lowest BCUT2D eigenvalue weighted by atomic mass is 10.1. The predicted molar refractivity (Wildman–Crippen MR) is 79.1 cm³/mol. The Balaban J connectivity index is 1.94. The van der Waals surface area contributed by atoms with Gasteiger partial charge >= 0.3 is 0 Å². The third-order valence-electron chi connectivity index (χ3n) is 3.30. The van der Waals surface area contributed by atoms with Crippen LogP contribution in [0.4, 0.5) is 0 Å². The number of likely N-dealkylation sites (N-methyl/N-ethyl adjacent to an activating group) is 1. The maximum Gasteiger partial charge on any atom is 0.104 e. The lowest BCUT2D eigenvalue weighted by Crippen LogP contribution is -2.41. The molecule has 0 saturated heterocycles. The zero-order chi connectivity index (χ0) is 13.8. The SMILES string of the molecule is Cc1nc2ccc(CCN(C)CC(N)CN)cc2[nH]1. The second-order valence-corrected chi connectivity index (χ2v) is 5.18. The number of nitrogens with one attached hydrogen (secondary N) is 1. The number of fused-ring (bicyclic) bond motifs is 1. The Morgan fingerprint density at radius 2 is 2.21 bits per heavy atom. The average Bonchev–Trinajstić information content (AvgIpc) is 2.75. The molecule has 2 aromatic rings. The Kier molecular flexibility index (Phi) is 4.52. The Morgan fingerprint density at radius 3 is 2.95 bits per heavy atom. The van der Waals surface area contributed by atoms with Crippen molar-refractivity contribution in [2.75, 3.05) is 26.7 Å². The first-order valence-corrected chi connectivity index (χ1v) is 6.68. The molecule has 19 heavy (non-hydrogen) atoms. The van der Waals surface area contributed by atoms with Gasteiger partial charge in [-0.2, -0.15) is 0 Å². The molecular weight excluding hydrogens is 238 g/mol. The van der Waals surface area contributed by atoms with E-state index in [9.17, 15) is 0 Å². The van der Waals surface area contributed by atoms with Gasteiger partial charge in [-0.15, -0.1) is 0 Å². The summed E-state index contributed by atoms with van der Waals surface area (Å²) in [5.74, 6) is 0.957. The molecule has 5 N–H and O–H groups in total. The minimum atomic E-state index is 0.0581. The molecule has 0 aliphatic heterocycles. The van der Waals surface area contributed by atoms with Gasteiger partial charge in [-0.05, 0) is 38.1 Å². The lowest BCUT2D eigenvalue weighted by Gasteiger charge is -2.20. The van der Waals surface area contributed by atoms with Crippen molar-refractivity contribution in [1.29, 1.82) is 0 Å². The highest BCUT2D eigenvalue weighted by Gasteiger charge is 2.06. The van der Waals surface area contributed by atoms with Gasteiger partial charge < -0.3 is 21.4 Å². The van der Waals surface area contributed by atoms with E-state index in [4.69, 9.17) is 11.5 Å². The number of aryl methyl sites for hydroxylation is 1. The topological polar surface area (TPSA) is 84.0 Å². The molecule has 0 aliphatic carbocycles. The third kappa shape index (κ3) is 3.76. The van der Waals surface area contributed by atoms with Crippen molar-refractivity contribution in [3.8, 4) is 0 Å². The van der Waals surface area contributed by atoms with Crippen LogP contribution in [0.15, 0.2) is 18.2 Å². The molecule has 0 fully saturated rings. The number of aromatic nitrogens is 2. The monoisotopic (exact) mass is 261 g/mol. The molecule has 1 aromatic heterocycles. The van der Waals surface area contributed by atoms with E-state index in [0.29, 0.717) is 6.54 Å². The summed E-state index contributed by atoms with van der Waals surface area (Å²) in [4.78, 5) is 9.89. The van der Waals surface area contributed by atoms with Gasteiger partial charge in [-0.25, -0.2) is 4.98 Å². The summed E-state index contributed by atoms with van der Waals surface area (Å²) in [6.07, 6.45) is 1.00. The van der Waals surface area contributed by atoms with Crippen molar-refractivity contribution < 1.29 is 0 Å². The number of nitrogens with zero attached hydrogens (tertiary/aromatic N) is 2. The van der Waals surface area contributed by atoms with Gasteiger partial charge in [-0.1, -0.05) is 6.07 Å². The van der Waals surface area contributed by atoms with E-state index in [1.54, 1.807) is 0 Å². The Bertz CT molecular complexity index is 534. The van der Waals surface area contributed by atoms with Gasteiger partial charge in [-0.3, -0.25) is 0 Å². The molecule has 0 saturated carbocycles. The molecule has 0 spiro atoms. The average molecular weight is 261 g/mol. The maximum atomic E-state index is 5.84. The Hall–Kier alpha value is -1.43. The fourth-order valence-electron chi connectivity index (χ4n) is 2.23. The van der Waals surface area contributed by atoms with E-state index in [2.05, 4.69) is 40.1 Å². The quantitative estimate of drug-likeness (QED) is 0.712. The number of nitrogens with two attached hydrogens (primary N) is 2. The molecule has 1 unspecified atom stereocenters. The number of rotatable bonds is 6. The summed E-state index contributed by atoms with van der Waals surface area (Å²) in [6.45, 7) is 4.32. The van der Waals surface area contributed by atoms with Crippen LogP contribution in [0.2, 0.25) is 0 Å². The van der Waals surface area contributed by atoms with Crippen LogP contribution in [0.1, 0.15) is 11.4 Å². The molecule has 5 heteroatoms. The number of imidazole rings is 1. The molecule has 0 bridgehead atoms. The first-order chi connectivity index (χ1) is 9.08. The van der Waals surface area contributed by atoms with Gasteiger partial charge in [0.05, 0.1) is 11.0 Å². The minimum Gasteiger partial charge on any atom is -0.342 e. The highest BCUT2D eigenvalue weighted by Crippen LogP contribution is 2.14. The second-order valence-electron chi connectivity index (χ2n) is 5.18. The van der Waals surface area contributed by atoms with E-state index in [0.717, 1.165) is 36.4 Å². The van der Waals surface area contributed by atoms with Crippen LogP contribution in [0, 0.1) is 6.92 Å².